The Morgan fingerprint density at radius 1 is 1.02 bits per heavy atom. The Morgan fingerprint density at radius 3 is 2.31 bits per heavy atom. The van der Waals surface area contributed by atoms with Crippen molar-refractivity contribution in [1.82, 2.24) is 4.98 Å². The third-order valence-corrected chi connectivity index (χ3v) is 7.38. The quantitative estimate of drug-likeness (QED) is 0.235. The van der Waals surface area contributed by atoms with E-state index in [1.807, 2.05) is 20.8 Å². The lowest BCUT2D eigenvalue weighted by Gasteiger charge is -2.31. The van der Waals surface area contributed by atoms with Gasteiger partial charge in [0.05, 0.1) is 36.5 Å². The van der Waals surface area contributed by atoms with E-state index in [1.54, 1.807) is 19.1 Å². The summed E-state index contributed by atoms with van der Waals surface area (Å²) in [5, 5.41) is 6.11. The molecule has 220 valence electrons. The lowest BCUT2D eigenvalue weighted by Crippen LogP contribution is -2.39. The number of methoxy groups -OCH3 is 1. The SMILES string of the molecule is COc1ccc(C(F)(F)F)c(N2Cc3c(Cl)ccc(Nc4c(N[C@@H](c5ccc(C)o5)C(C)(C)C)c(=O)c4=O)c3C2=O)n1. The number of benzene rings is 1. The number of halogens is 4. The van der Waals surface area contributed by atoms with Crippen LogP contribution in [0.2, 0.25) is 5.02 Å². The van der Waals surface area contributed by atoms with E-state index >= 15 is 0 Å². The van der Waals surface area contributed by atoms with Gasteiger partial charge in [-0.1, -0.05) is 32.4 Å². The number of anilines is 4. The summed E-state index contributed by atoms with van der Waals surface area (Å²) in [6, 6.07) is 7.77. The average Bonchev–Trinajstić information content (AvgIpc) is 3.50. The fraction of sp³-hybridized carbons (Fsp3) is 0.310. The summed E-state index contributed by atoms with van der Waals surface area (Å²) in [7, 11) is 1.24. The summed E-state index contributed by atoms with van der Waals surface area (Å²) in [6.45, 7) is 7.27. The number of aryl methyl sites for hydroxylation is 1. The molecular weight excluding hydrogens is 577 g/mol. The lowest BCUT2D eigenvalue weighted by molar-refractivity contribution is -0.137. The molecule has 0 saturated heterocycles. The van der Waals surface area contributed by atoms with Gasteiger partial charge in [-0.05, 0) is 42.7 Å². The topological polar surface area (TPSA) is 114 Å². The van der Waals surface area contributed by atoms with Crippen molar-refractivity contribution in [1.29, 1.82) is 0 Å². The van der Waals surface area contributed by atoms with Crippen LogP contribution in [0.15, 0.2) is 50.4 Å². The molecule has 0 saturated carbocycles. The van der Waals surface area contributed by atoms with Crippen molar-refractivity contribution < 1.29 is 27.1 Å². The predicted octanol–water partition coefficient (Wildman–Crippen LogP) is 6.36. The molecule has 5 rings (SSSR count). The van der Waals surface area contributed by atoms with Gasteiger partial charge < -0.3 is 19.8 Å². The number of rotatable bonds is 7. The number of amides is 1. The van der Waals surface area contributed by atoms with Crippen LogP contribution in [-0.2, 0) is 12.7 Å². The minimum atomic E-state index is -4.81. The molecule has 42 heavy (non-hydrogen) atoms. The maximum absolute atomic E-state index is 13.9. The molecule has 0 fully saturated rings. The smallest absolute Gasteiger partial charge is 0.419 e. The zero-order chi connectivity index (χ0) is 30.7. The Balaban J connectivity index is 1.53. The maximum atomic E-state index is 13.9. The lowest BCUT2D eigenvalue weighted by atomic mass is 9.85. The van der Waals surface area contributed by atoms with Crippen LogP contribution in [0.4, 0.5) is 36.1 Å². The zero-order valence-electron chi connectivity index (χ0n) is 23.2. The van der Waals surface area contributed by atoms with Crippen LogP contribution in [0, 0.1) is 12.3 Å². The molecule has 1 atom stereocenters. The van der Waals surface area contributed by atoms with Crippen molar-refractivity contribution in [2.24, 2.45) is 5.41 Å². The molecule has 9 nitrogen and oxygen atoms in total. The largest absolute Gasteiger partial charge is 0.481 e. The van der Waals surface area contributed by atoms with Crippen LogP contribution in [0.1, 0.15) is 59.8 Å². The number of pyridine rings is 1. The number of ether oxygens (including phenoxy) is 1. The fourth-order valence-electron chi connectivity index (χ4n) is 4.88. The number of aromatic nitrogens is 1. The van der Waals surface area contributed by atoms with Gasteiger partial charge in [0.1, 0.15) is 22.9 Å². The molecule has 0 bridgehead atoms. The Kier molecular flexibility index (Phi) is 7.08. The highest BCUT2D eigenvalue weighted by atomic mass is 35.5. The Hall–Kier alpha value is -4.32. The third-order valence-electron chi connectivity index (χ3n) is 7.02. The van der Waals surface area contributed by atoms with E-state index in [1.165, 1.54) is 19.2 Å². The molecule has 2 aromatic heterocycles. The first kappa shape index (κ1) is 29.2. The van der Waals surface area contributed by atoms with Crippen LogP contribution in [0.5, 0.6) is 5.88 Å². The van der Waals surface area contributed by atoms with Crippen LogP contribution in [0.25, 0.3) is 0 Å². The predicted molar refractivity (Wildman–Crippen MR) is 152 cm³/mol. The van der Waals surface area contributed by atoms with Gasteiger partial charge in [-0.2, -0.15) is 18.2 Å². The highest BCUT2D eigenvalue weighted by Gasteiger charge is 2.42. The first-order chi connectivity index (χ1) is 19.6. The summed E-state index contributed by atoms with van der Waals surface area (Å²) >= 11 is 6.37. The van der Waals surface area contributed by atoms with E-state index in [4.69, 9.17) is 20.8 Å². The highest BCUT2D eigenvalue weighted by molar-refractivity contribution is 6.33. The van der Waals surface area contributed by atoms with Gasteiger partial charge in [-0.25, -0.2) is 0 Å². The van der Waals surface area contributed by atoms with E-state index in [2.05, 4.69) is 15.6 Å². The van der Waals surface area contributed by atoms with E-state index in [-0.39, 0.29) is 45.6 Å². The summed E-state index contributed by atoms with van der Waals surface area (Å²) in [5.41, 5.74) is -2.98. The molecule has 1 aliphatic heterocycles. The zero-order valence-corrected chi connectivity index (χ0v) is 24.0. The minimum absolute atomic E-state index is 0.00574. The van der Waals surface area contributed by atoms with Gasteiger partial charge in [-0.3, -0.25) is 19.3 Å². The molecule has 0 aliphatic carbocycles. The van der Waals surface area contributed by atoms with Gasteiger partial charge >= 0.3 is 6.18 Å². The standard InChI is InChI=1S/C29H26ClF3N4O5/c1-13-6-10-18(42-13)25(28(2,3)4)36-22-21(23(38)24(22)39)34-17-9-8-16(30)14-12-37(27(40)20(14)17)26-15(29(31,32)33)7-11-19(35-26)41-5/h6-11,25,34,36H,12H2,1-5H3/t25-/m0/s1. The average molecular weight is 603 g/mol. The summed E-state index contributed by atoms with van der Waals surface area (Å²) in [6.07, 6.45) is -4.81. The van der Waals surface area contributed by atoms with E-state index < -0.39 is 45.8 Å². The first-order valence-corrected chi connectivity index (χ1v) is 13.2. The minimum Gasteiger partial charge on any atom is -0.481 e. The molecule has 1 aliphatic rings. The summed E-state index contributed by atoms with van der Waals surface area (Å²) in [4.78, 5) is 43.8. The van der Waals surface area contributed by atoms with Gasteiger partial charge in [0.2, 0.25) is 5.88 Å². The number of fused-ring (bicyclic) bond motifs is 1. The molecule has 4 aromatic rings. The van der Waals surface area contributed by atoms with E-state index in [0.29, 0.717) is 11.5 Å². The molecular formula is C29H26ClF3N4O5. The van der Waals surface area contributed by atoms with Crippen LogP contribution in [-0.4, -0.2) is 18.0 Å². The van der Waals surface area contributed by atoms with Crippen LogP contribution in [0.3, 0.4) is 0 Å². The molecule has 0 radical (unpaired) electrons. The molecule has 3 heterocycles. The highest BCUT2D eigenvalue weighted by Crippen LogP contribution is 2.43. The molecule has 0 spiro atoms. The molecule has 2 aromatic carbocycles. The van der Waals surface area contributed by atoms with Crippen molar-refractivity contribution in [2.75, 3.05) is 22.6 Å². The van der Waals surface area contributed by atoms with Gasteiger partial charge in [-0.15, -0.1) is 0 Å². The Morgan fingerprint density at radius 2 is 1.71 bits per heavy atom. The van der Waals surface area contributed by atoms with Crippen molar-refractivity contribution in [2.45, 2.75) is 46.5 Å². The number of nitrogens with one attached hydrogen (secondary N) is 2. The fourth-order valence-corrected chi connectivity index (χ4v) is 5.10. The summed E-state index contributed by atoms with van der Waals surface area (Å²) in [5.74, 6) is -0.367. The van der Waals surface area contributed by atoms with Gasteiger partial charge in [0, 0.05) is 16.7 Å². The van der Waals surface area contributed by atoms with Gasteiger partial charge in [0.25, 0.3) is 16.8 Å². The van der Waals surface area contributed by atoms with E-state index in [9.17, 15) is 27.6 Å². The van der Waals surface area contributed by atoms with Gasteiger partial charge in [0.15, 0.2) is 5.82 Å². The van der Waals surface area contributed by atoms with E-state index in [0.717, 1.165) is 17.0 Å². The molecule has 1 amide bonds. The number of alkyl halides is 3. The normalized spacial score (nSPS) is 14.3. The van der Waals surface area contributed by atoms with Crippen molar-refractivity contribution in [3.63, 3.8) is 0 Å². The second-order valence-corrected chi connectivity index (χ2v) is 11.4. The number of hydrogen-bond acceptors (Lipinski definition) is 8. The van der Waals surface area contributed by atoms with Crippen molar-refractivity contribution in [3.8, 4) is 5.88 Å². The Labute approximate surface area is 242 Å². The van der Waals surface area contributed by atoms with Crippen molar-refractivity contribution in [3.05, 3.63) is 90.1 Å². The number of nitrogens with zero attached hydrogens (tertiary/aromatic N) is 2. The number of carbonyl (C=O) groups excluding carboxylic acids is 1. The monoisotopic (exact) mass is 602 g/mol. The number of furan rings is 1. The molecule has 13 heteroatoms. The molecule has 2 N–H and O–H groups in total. The first-order valence-electron chi connectivity index (χ1n) is 12.8. The third kappa shape index (κ3) is 5.00. The number of carbonyl (C=O) groups is 1. The second-order valence-electron chi connectivity index (χ2n) is 11.0. The number of hydrogen-bond donors (Lipinski definition) is 2. The van der Waals surface area contributed by atoms with Crippen LogP contribution < -0.4 is 31.1 Å². The Bertz CT molecular complexity index is 1780. The van der Waals surface area contributed by atoms with Crippen molar-refractivity contribution >= 4 is 40.4 Å². The molecule has 0 unspecified atom stereocenters. The maximum Gasteiger partial charge on any atom is 0.419 e. The second kappa shape index (κ2) is 10.2. The van der Waals surface area contributed by atoms with Crippen LogP contribution >= 0.6 is 11.6 Å². The summed E-state index contributed by atoms with van der Waals surface area (Å²) < 4.78 is 52.4.